The van der Waals surface area contributed by atoms with Gasteiger partial charge < -0.3 is 9.64 Å². The van der Waals surface area contributed by atoms with Crippen molar-refractivity contribution in [3.8, 4) is 5.75 Å². The summed E-state index contributed by atoms with van der Waals surface area (Å²) < 4.78 is 46.1. The van der Waals surface area contributed by atoms with E-state index in [2.05, 4.69) is 15.9 Å². The van der Waals surface area contributed by atoms with Crippen LogP contribution in [0.15, 0.2) is 53.0 Å². The van der Waals surface area contributed by atoms with Crippen LogP contribution < -0.4 is 4.74 Å². The normalized spacial score (nSPS) is 15.4. The third kappa shape index (κ3) is 5.30. The van der Waals surface area contributed by atoms with Crippen LogP contribution in [0.5, 0.6) is 5.75 Å². The Morgan fingerprint density at radius 3 is 2.39 bits per heavy atom. The number of carbonyl (C=O) groups is 1. The lowest BCUT2D eigenvalue weighted by atomic mass is 10.2. The summed E-state index contributed by atoms with van der Waals surface area (Å²) in [4.78, 5) is 13.8. The van der Waals surface area contributed by atoms with Gasteiger partial charge in [-0.1, -0.05) is 46.3 Å². The molecule has 0 aromatic heterocycles. The summed E-state index contributed by atoms with van der Waals surface area (Å²) in [5.41, 5.74) is 0.728. The van der Waals surface area contributed by atoms with Crippen LogP contribution in [0.4, 0.5) is 4.39 Å². The number of carbonyl (C=O) groups excluding carboxylic acids is 1. The molecule has 0 N–H and O–H groups in total. The molecule has 6 nitrogen and oxygen atoms in total. The Balaban J connectivity index is 1.51. The number of halogens is 2. The molecule has 0 radical (unpaired) electrons. The molecule has 150 valence electrons. The Labute approximate surface area is 172 Å². The molecule has 0 bridgehead atoms. The molecular weight excluding hydrogens is 451 g/mol. The largest absolute Gasteiger partial charge is 0.481 e. The zero-order valence-corrected chi connectivity index (χ0v) is 17.5. The van der Waals surface area contributed by atoms with Gasteiger partial charge in [-0.3, -0.25) is 4.79 Å². The molecule has 0 spiro atoms. The SMILES string of the molecule is O=C(COc1ccc(Br)cc1F)N1CCN(S(=O)(=O)Cc2ccccc2)CC1. The zero-order valence-electron chi connectivity index (χ0n) is 15.1. The number of benzene rings is 2. The predicted octanol–water partition coefficient (Wildman–Crippen LogP) is 2.64. The summed E-state index contributed by atoms with van der Waals surface area (Å²) in [7, 11) is -3.44. The number of hydrogen-bond acceptors (Lipinski definition) is 4. The molecule has 1 fully saturated rings. The van der Waals surface area contributed by atoms with E-state index in [1.54, 1.807) is 30.3 Å². The average molecular weight is 471 g/mol. The van der Waals surface area contributed by atoms with Crippen LogP contribution in [0, 0.1) is 5.82 Å². The minimum absolute atomic E-state index is 0.000579. The van der Waals surface area contributed by atoms with E-state index in [9.17, 15) is 17.6 Å². The van der Waals surface area contributed by atoms with Crippen molar-refractivity contribution in [2.45, 2.75) is 5.75 Å². The van der Waals surface area contributed by atoms with E-state index < -0.39 is 15.8 Å². The molecule has 3 rings (SSSR count). The molecule has 1 heterocycles. The molecule has 28 heavy (non-hydrogen) atoms. The lowest BCUT2D eigenvalue weighted by molar-refractivity contribution is -0.134. The number of sulfonamides is 1. The Morgan fingerprint density at radius 2 is 1.75 bits per heavy atom. The van der Waals surface area contributed by atoms with Crippen LogP contribution in [0.3, 0.4) is 0 Å². The molecule has 9 heteroatoms. The first-order valence-corrected chi connectivity index (χ1v) is 11.1. The topological polar surface area (TPSA) is 66.9 Å². The smallest absolute Gasteiger partial charge is 0.260 e. The average Bonchev–Trinajstić information content (AvgIpc) is 2.67. The third-order valence-corrected chi connectivity index (χ3v) is 6.77. The molecule has 0 unspecified atom stereocenters. The van der Waals surface area contributed by atoms with Gasteiger partial charge >= 0.3 is 0 Å². The van der Waals surface area contributed by atoms with Crippen LogP contribution in [-0.2, 0) is 20.6 Å². The van der Waals surface area contributed by atoms with Gasteiger partial charge in [-0.25, -0.2) is 12.8 Å². The summed E-state index contributed by atoms with van der Waals surface area (Å²) >= 11 is 3.16. The predicted molar refractivity (Wildman–Crippen MR) is 107 cm³/mol. The molecule has 0 aliphatic carbocycles. The quantitative estimate of drug-likeness (QED) is 0.650. The molecule has 1 amide bonds. The second-order valence-corrected chi connectivity index (χ2v) is 9.27. The van der Waals surface area contributed by atoms with Gasteiger partial charge in [0.15, 0.2) is 18.2 Å². The molecule has 0 atom stereocenters. The van der Waals surface area contributed by atoms with Crippen molar-refractivity contribution in [3.05, 3.63) is 64.4 Å². The lowest BCUT2D eigenvalue weighted by Gasteiger charge is -2.34. The zero-order chi connectivity index (χ0) is 20.1. The highest BCUT2D eigenvalue weighted by Gasteiger charge is 2.29. The van der Waals surface area contributed by atoms with Crippen LogP contribution in [0.25, 0.3) is 0 Å². The monoisotopic (exact) mass is 470 g/mol. The van der Waals surface area contributed by atoms with E-state index in [4.69, 9.17) is 4.74 Å². The van der Waals surface area contributed by atoms with Gasteiger partial charge in [-0.05, 0) is 23.8 Å². The molecule has 2 aromatic carbocycles. The Hall–Kier alpha value is -1.97. The molecule has 1 saturated heterocycles. The molecule has 0 saturated carbocycles. The number of rotatable bonds is 6. The number of piperazine rings is 1. The summed E-state index contributed by atoms with van der Waals surface area (Å²) in [6.45, 7) is 0.717. The maximum Gasteiger partial charge on any atom is 0.260 e. The Morgan fingerprint density at radius 1 is 1.07 bits per heavy atom. The second-order valence-electron chi connectivity index (χ2n) is 6.39. The van der Waals surface area contributed by atoms with Crippen LogP contribution in [0.1, 0.15) is 5.56 Å². The first kappa shape index (κ1) is 20.8. The van der Waals surface area contributed by atoms with Gasteiger partial charge in [0.2, 0.25) is 10.0 Å². The summed E-state index contributed by atoms with van der Waals surface area (Å²) in [5, 5.41) is 0. The fourth-order valence-corrected chi connectivity index (χ4v) is 4.76. The molecular formula is C19H20BrFN2O4S. The van der Waals surface area contributed by atoms with E-state index in [1.807, 2.05) is 6.07 Å². The van der Waals surface area contributed by atoms with Gasteiger partial charge in [-0.2, -0.15) is 4.31 Å². The van der Waals surface area contributed by atoms with Crippen molar-refractivity contribution in [1.29, 1.82) is 0 Å². The molecule has 1 aliphatic rings. The lowest BCUT2D eigenvalue weighted by Crippen LogP contribution is -2.51. The van der Waals surface area contributed by atoms with Gasteiger partial charge in [0.1, 0.15) is 0 Å². The van der Waals surface area contributed by atoms with Crippen molar-refractivity contribution >= 4 is 31.9 Å². The molecule has 2 aromatic rings. The highest BCUT2D eigenvalue weighted by atomic mass is 79.9. The van der Waals surface area contributed by atoms with E-state index in [0.29, 0.717) is 4.47 Å². The third-order valence-electron chi connectivity index (χ3n) is 4.42. The molecule has 1 aliphatic heterocycles. The van der Waals surface area contributed by atoms with Crippen molar-refractivity contribution in [2.75, 3.05) is 32.8 Å². The second kappa shape index (κ2) is 9.02. The van der Waals surface area contributed by atoms with Gasteiger partial charge in [-0.15, -0.1) is 0 Å². The van der Waals surface area contributed by atoms with Crippen molar-refractivity contribution in [3.63, 3.8) is 0 Å². The first-order valence-electron chi connectivity index (χ1n) is 8.72. The minimum Gasteiger partial charge on any atom is -0.481 e. The maximum absolute atomic E-state index is 13.8. The van der Waals surface area contributed by atoms with E-state index in [1.165, 1.54) is 21.3 Å². The number of nitrogens with zero attached hydrogens (tertiary/aromatic N) is 2. The fourth-order valence-electron chi connectivity index (χ4n) is 2.91. The Bertz CT molecular complexity index is 932. The van der Waals surface area contributed by atoms with E-state index in [0.717, 1.165) is 5.56 Å². The summed E-state index contributed by atoms with van der Waals surface area (Å²) in [6.07, 6.45) is 0. The Kier molecular flexibility index (Phi) is 6.69. The van der Waals surface area contributed by atoms with Crippen molar-refractivity contribution in [2.24, 2.45) is 0 Å². The highest BCUT2D eigenvalue weighted by molar-refractivity contribution is 9.10. The number of ether oxygens (including phenoxy) is 1. The number of amides is 1. The van der Waals surface area contributed by atoms with E-state index >= 15 is 0 Å². The van der Waals surface area contributed by atoms with Crippen LogP contribution >= 0.6 is 15.9 Å². The maximum atomic E-state index is 13.8. The first-order chi connectivity index (χ1) is 13.3. The minimum atomic E-state index is -3.44. The number of hydrogen-bond donors (Lipinski definition) is 0. The van der Waals surface area contributed by atoms with Gasteiger partial charge in [0, 0.05) is 30.7 Å². The van der Waals surface area contributed by atoms with Crippen molar-refractivity contribution < 1.29 is 22.3 Å². The van der Waals surface area contributed by atoms with Crippen LogP contribution in [-0.4, -0.2) is 56.3 Å². The van der Waals surface area contributed by atoms with E-state index in [-0.39, 0.29) is 50.2 Å². The highest BCUT2D eigenvalue weighted by Crippen LogP contribution is 2.21. The fraction of sp³-hybridized carbons (Fsp3) is 0.316. The van der Waals surface area contributed by atoms with Crippen LogP contribution in [0.2, 0.25) is 0 Å². The van der Waals surface area contributed by atoms with Gasteiger partial charge in [0.05, 0.1) is 5.75 Å². The standard InChI is InChI=1S/C19H20BrFN2O4S/c20-16-6-7-18(17(21)12-16)27-13-19(24)22-8-10-23(11-9-22)28(25,26)14-15-4-2-1-3-5-15/h1-7,12H,8-11,13-14H2. The van der Waals surface area contributed by atoms with Gasteiger partial charge in [0.25, 0.3) is 5.91 Å². The summed E-state index contributed by atoms with van der Waals surface area (Å²) in [5.74, 6) is -0.921. The van der Waals surface area contributed by atoms with Crippen molar-refractivity contribution in [1.82, 2.24) is 9.21 Å². The summed E-state index contributed by atoms with van der Waals surface area (Å²) in [6, 6.07) is 13.3.